The van der Waals surface area contributed by atoms with Gasteiger partial charge in [0.15, 0.2) is 11.5 Å². The monoisotopic (exact) mass is 612 g/mol. The first-order chi connectivity index (χ1) is 18.8. The lowest BCUT2D eigenvalue weighted by molar-refractivity contribution is -0.117. The van der Waals surface area contributed by atoms with Crippen LogP contribution in [0.1, 0.15) is 42.3 Å². The van der Waals surface area contributed by atoms with Gasteiger partial charge in [-0.3, -0.25) is 9.59 Å². The molecule has 0 heterocycles. The number of nitrogens with one attached hydrogen (secondary N) is 2. The molecule has 3 aromatic carbocycles. The van der Waals surface area contributed by atoms with Gasteiger partial charge in [0.2, 0.25) is 0 Å². The van der Waals surface area contributed by atoms with Crippen molar-refractivity contribution < 1.29 is 19.4 Å². The number of hydrazone groups is 1. The summed E-state index contributed by atoms with van der Waals surface area (Å²) in [7, 11) is 0. The van der Waals surface area contributed by atoms with Crippen LogP contribution in [-0.2, 0) is 4.79 Å². The van der Waals surface area contributed by atoms with Crippen molar-refractivity contribution in [2.24, 2.45) is 5.10 Å². The van der Waals surface area contributed by atoms with Crippen molar-refractivity contribution in [3.05, 3.63) is 92.5 Å². The second kappa shape index (κ2) is 14.4. The minimum Gasteiger partial charge on any atom is -0.503 e. The van der Waals surface area contributed by atoms with Crippen molar-refractivity contribution in [1.29, 1.82) is 0 Å². The van der Waals surface area contributed by atoms with E-state index in [2.05, 4.69) is 50.5 Å². The Morgan fingerprint density at radius 3 is 2.38 bits per heavy atom. The van der Waals surface area contributed by atoms with Crippen molar-refractivity contribution in [3.8, 4) is 11.5 Å². The molecule has 0 aliphatic carbocycles. The molecule has 0 fully saturated rings. The van der Waals surface area contributed by atoms with Gasteiger partial charge in [0.05, 0.1) is 27.9 Å². The van der Waals surface area contributed by atoms with Gasteiger partial charge in [0, 0.05) is 18.8 Å². The molecule has 204 valence electrons. The van der Waals surface area contributed by atoms with E-state index in [1.54, 1.807) is 49.4 Å². The molecule has 0 saturated carbocycles. The highest BCUT2D eigenvalue weighted by molar-refractivity contribution is 9.10. The van der Waals surface area contributed by atoms with Gasteiger partial charge in [-0.15, -0.1) is 0 Å². The fraction of sp³-hybridized carbons (Fsp3) is 0.207. The first-order valence-electron chi connectivity index (χ1n) is 12.4. The van der Waals surface area contributed by atoms with E-state index >= 15 is 0 Å². The van der Waals surface area contributed by atoms with Crippen molar-refractivity contribution in [2.75, 3.05) is 24.6 Å². The van der Waals surface area contributed by atoms with Crippen LogP contribution in [0.3, 0.4) is 0 Å². The van der Waals surface area contributed by atoms with E-state index in [0.29, 0.717) is 22.2 Å². The first-order valence-corrected chi connectivity index (χ1v) is 13.6. The Kier molecular flexibility index (Phi) is 11.0. The summed E-state index contributed by atoms with van der Waals surface area (Å²) in [6.45, 7) is 8.07. The van der Waals surface area contributed by atoms with E-state index in [9.17, 15) is 14.7 Å². The number of rotatable bonds is 11. The molecule has 0 aliphatic heterocycles. The molecule has 3 N–H and O–H groups in total. The molecule has 0 unspecified atom stereocenters. The topological polar surface area (TPSA) is 103 Å². The van der Waals surface area contributed by atoms with Gasteiger partial charge in [0.1, 0.15) is 5.70 Å². The molecule has 0 spiro atoms. The highest BCUT2D eigenvalue weighted by Crippen LogP contribution is 2.35. The summed E-state index contributed by atoms with van der Waals surface area (Å²) in [6, 6.07) is 17.4. The lowest BCUT2D eigenvalue weighted by Gasteiger charge is -2.21. The highest BCUT2D eigenvalue weighted by Gasteiger charge is 2.17. The Morgan fingerprint density at radius 2 is 1.74 bits per heavy atom. The van der Waals surface area contributed by atoms with Gasteiger partial charge < -0.3 is 20.1 Å². The Hall–Kier alpha value is -3.82. The fourth-order valence-corrected chi connectivity index (χ4v) is 4.37. The first kappa shape index (κ1) is 29.7. The summed E-state index contributed by atoms with van der Waals surface area (Å²) in [6.07, 6.45) is 2.97. The van der Waals surface area contributed by atoms with Crippen LogP contribution in [0.15, 0.2) is 75.9 Å². The van der Waals surface area contributed by atoms with E-state index in [1.807, 2.05) is 24.3 Å². The highest BCUT2D eigenvalue weighted by atomic mass is 79.9. The Labute approximate surface area is 241 Å². The van der Waals surface area contributed by atoms with Gasteiger partial charge in [-0.25, -0.2) is 5.43 Å². The van der Waals surface area contributed by atoms with Crippen LogP contribution < -0.4 is 20.4 Å². The van der Waals surface area contributed by atoms with Crippen LogP contribution in [0.2, 0.25) is 5.02 Å². The number of amides is 2. The number of anilines is 1. The molecule has 0 aliphatic rings. The number of ether oxygens (including phenoxy) is 1. The lowest BCUT2D eigenvalue weighted by atomic mass is 10.1. The fourth-order valence-electron chi connectivity index (χ4n) is 3.69. The smallest absolute Gasteiger partial charge is 0.287 e. The predicted octanol–water partition coefficient (Wildman–Crippen LogP) is 5.97. The average Bonchev–Trinajstić information content (AvgIpc) is 2.92. The van der Waals surface area contributed by atoms with Crippen molar-refractivity contribution in [2.45, 2.75) is 20.8 Å². The number of phenols is 1. The number of hydrogen-bond donors (Lipinski definition) is 3. The summed E-state index contributed by atoms with van der Waals surface area (Å²) < 4.78 is 5.84. The van der Waals surface area contributed by atoms with E-state index in [0.717, 1.165) is 18.8 Å². The summed E-state index contributed by atoms with van der Waals surface area (Å²) in [5.74, 6) is -0.921. The Balaban J connectivity index is 1.86. The summed E-state index contributed by atoms with van der Waals surface area (Å²) in [5, 5.41) is 17.0. The molecular formula is C29H30BrClN4O4. The van der Waals surface area contributed by atoms with Crippen LogP contribution in [0.25, 0.3) is 6.08 Å². The zero-order chi connectivity index (χ0) is 28.4. The number of benzene rings is 3. The number of nitrogens with zero attached hydrogens (tertiary/aromatic N) is 2. The zero-order valence-corrected chi connectivity index (χ0v) is 24.2. The third-order valence-electron chi connectivity index (χ3n) is 5.67. The van der Waals surface area contributed by atoms with E-state index < -0.39 is 11.8 Å². The second-order valence-electron chi connectivity index (χ2n) is 8.24. The predicted molar refractivity (Wildman–Crippen MR) is 160 cm³/mol. The van der Waals surface area contributed by atoms with Gasteiger partial charge in [-0.2, -0.15) is 5.10 Å². The number of phenolic OH excluding ortho intramolecular Hbond substituents is 1. The SMILES string of the molecule is CCOc1cc(/C=N\NC(=O)/C(=C\c2ccc(N(CC)CC)cc2)NC(=O)c2ccccc2Cl)cc(Br)c1O. The Bertz CT molecular complexity index is 1370. The summed E-state index contributed by atoms with van der Waals surface area (Å²) in [4.78, 5) is 28.3. The molecule has 0 bridgehead atoms. The number of carbonyl (C=O) groups excluding carboxylic acids is 2. The largest absolute Gasteiger partial charge is 0.503 e. The second-order valence-corrected chi connectivity index (χ2v) is 9.50. The number of aromatic hydroxyl groups is 1. The molecule has 3 rings (SSSR count). The van der Waals surface area contributed by atoms with Crippen LogP contribution in [0.5, 0.6) is 11.5 Å². The van der Waals surface area contributed by atoms with Crippen LogP contribution in [0.4, 0.5) is 5.69 Å². The number of halogens is 2. The number of hydrogen-bond acceptors (Lipinski definition) is 6. The minimum absolute atomic E-state index is 0.0189. The van der Waals surface area contributed by atoms with Crippen LogP contribution >= 0.6 is 27.5 Å². The van der Waals surface area contributed by atoms with Crippen molar-refractivity contribution in [1.82, 2.24) is 10.7 Å². The molecule has 3 aromatic rings. The molecule has 0 saturated heterocycles. The third kappa shape index (κ3) is 8.08. The normalized spacial score (nSPS) is 11.4. The van der Waals surface area contributed by atoms with Gasteiger partial charge in [-0.1, -0.05) is 35.9 Å². The van der Waals surface area contributed by atoms with Crippen molar-refractivity contribution in [3.63, 3.8) is 0 Å². The van der Waals surface area contributed by atoms with Crippen LogP contribution in [-0.4, -0.2) is 42.8 Å². The number of carbonyl (C=O) groups is 2. The average molecular weight is 614 g/mol. The quantitative estimate of drug-likeness (QED) is 0.140. The molecule has 8 nitrogen and oxygen atoms in total. The lowest BCUT2D eigenvalue weighted by Crippen LogP contribution is -2.33. The third-order valence-corrected chi connectivity index (χ3v) is 6.61. The van der Waals surface area contributed by atoms with E-state index in [4.69, 9.17) is 16.3 Å². The maximum Gasteiger partial charge on any atom is 0.287 e. The van der Waals surface area contributed by atoms with Gasteiger partial charge in [-0.05, 0) is 90.3 Å². The summed E-state index contributed by atoms with van der Waals surface area (Å²) >= 11 is 9.46. The molecule has 0 radical (unpaired) electrons. The van der Waals surface area contributed by atoms with Crippen LogP contribution in [0, 0.1) is 0 Å². The maximum absolute atomic E-state index is 13.1. The minimum atomic E-state index is -0.637. The summed E-state index contributed by atoms with van der Waals surface area (Å²) in [5.41, 5.74) is 4.99. The standard InChI is InChI=1S/C29H30BrClN4O4/c1-4-35(5-2)21-13-11-19(12-14-21)16-25(33-28(37)22-9-7-8-10-24(22)31)29(38)34-32-18-20-15-23(30)27(36)26(17-20)39-6-3/h7-18,36H,4-6H2,1-3H3,(H,33,37)(H,34,38)/b25-16+,32-18-. The molecule has 0 aromatic heterocycles. The maximum atomic E-state index is 13.1. The molecule has 2 amide bonds. The van der Waals surface area contributed by atoms with E-state index in [-0.39, 0.29) is 27.8 Å². The molecule has 10 heteroatoms. The van der Waals surface area contributed by atoms with Gasteiger partial charge >= 0.3 is 0 Å². The van der Waals surface area contributed by atoms with Gasteiger partial charge in [0.25, 0.3) is 11.8 Å². The van der Waals surface area contributed by atoms with E-state index in [1.165, 1.54) is 6.21 Å². The molecule has 0 atom stereocenters. The molecule has 39 heavy (non-hydrogen) atoms. The zero-order valence-electron chi connectivity index (χ0n) is 21.9. The van der Waals surface area contributed by atoms with Crippen molar-refractivity contribution >= 4 is 57.3 Å². The molecular weight excluding hydrogens is 584 g/mol. The Morgan fingerprint density at radius 1 is 1.05 bits per heavy atom.